The van der Waals surface area contributed by atoms with Gasteiger partial charge in [0.25, 0.3) is 0 Å². The molecule has 0 bridgehead atoms. The topological polar surface area (TPSA) is 69.9 Å². The molecule has 0 radical (unpaired) electrons. The quantitative estimate of drug-likeness (QED) is 0.762. The molecule has 0 amide bonds. The highest BCUT2D eigenvalue weighted by molar-refractivity contribution is 5.93. The van der Waals surface area contributed by atoms with Crippen molar-refractivity contribution in [3.8, 4) is 0 Å². The predicted octanol–water partition coefficient (Wildman–Crippen LogP) is 1.08. The van der Waals surface area contributed by atoms with Crippen molar-refractivity contribution < 1.29 is 9.90 Å². The van der Waals surface area contributed by atoms with E-state index in [1.54, 1.807) is 22.7 Å². The minimum atomic E-state index is -0.964. The van der Waals surface area contributed by atoms with Crippen LogP contribution in [0.15, 0.2) is 24.4 Å². The van der Waals surface area contributed by atoms with Gasteiger partial charge in [-0.3, -0.25) is 4.40 Å². The van der Waals surface area contributed by atoms with Gasteiger partial charge in [0, 0.05) is 19.8 Å². The Hall–Kier alpha value is -2.08. The van der Waals surface area contributed by atoms with E-state index in [0.717, 1.165) is 19.5 Å². The van der Waals surface area contributed by atoms with Crippen LogP contribution in [0.1, 0.15) is 16.9 Å². The minimum absolute atomic E-state index is 0.211. The molecule has 0 aliphatic carbocycles. The van der Waals surface area contributed by atoms with Gasteiger partial charge in [-0.2, -0.15) is 0 Å². The van der Waals surface area contributed by atoms with Crippen LogP contribution in [0.5, 0.6) is 0 Å². The van der Waals surface area contributed by atoms with Crippen molar-refractivity contribution in [3.63, 3.8) is 0 Å². The summed E-state index contributed by atoms with van der Waals surface area (Å²) in [5.74, 6) is -0.455. The fourth-order valence-corrected chi connectivity index (χ4v) is 2.05. The Kier molecular flexibility index (Phi) is 4.01. The number of imidazole rings is 1. The summed E-state index contributed by atoms with van der Waals surface area (Å²) in [5, 5.41) is 12.4. The number of aromatic nitrogens is 2. The molecule has 102 valence electrons. The zero-order chi connectivity index (χ0) is 13.8. The highest BCUT2D eigenvalue weighted by atomic mass is 16.4. The maximum atomic E-state index is 11.4. The number of hydrogen-bond acceptors (Lipinski definition) is 4. The van der Waals surface area contributed by atoms with Crippen LogP contribution in [0, 0.1) is 0 Å². The van der Waals surface area contributed by atoms with E-state index >= 15 is 0 Å². The second-order valence-corrected chi connectivity index (χ2v) is 4.40. The third-order valence-electron chi connectivity index (χ3n) is 3.00. The first-order valence-electron chi connectivity index (χ1n) is 6.21. The molecule has 0 aromatic carbocycles. The first-order valence-corrected chi connectivity index (χ1v) is 6.21. The Morgan fingerprint density at radius 1 is 1.53 bits per heavy atom. The standard InChI is InChI=1S/C13H18N4O2/c1-14-7-5-8-16(2)12-11(13(18)19)17-9-4-3-6-10(17)15-12/h3-4,6,9,14H,5,7-8H2,1-2H3,(H,18,19). The second kappa shape index (κ2) is 5.71. The molecule has 2 aromatic heterocycles. The van der Waals surface area contributed by atoms with E-state index in [2.05, 4.69) is 10.3 Å². The monoisotopic (exact) mass is 262 g/mol. The van der Waals surface area contributed by atoms with Crippen molar-refractivity contribution in [3.05, 3.63) is 30.1 Å². The van der Waals surface area contributed by atoms with E-state index in [0.29, 0.717) is 11.5 Å². The summed E-state index contributed by atoms with van der Waals surface area (Å²) in [4.78, 5) is 17.7. The average molecular weight is 262 g/mol. The molecular formula is C13H18N4O2. The number of nitrogens with zero attached hydrogens (tertiary/aromatic N) is 3. The fourth-order valence-electron chi connectivity index (χ4n) is 2.05. The summed E-state index contributed by atoms with van der Waals surface area (Å²) < 4.78 is 1.60. The Balaban J connectivity index is 2.36. The molecule has 0 saturated heterocycles. The maximum absolute atomic E-state index is 11.4. The lowest BCUT2D eigenvalue weighted by Crippen LogP contribution is -2.24. The number of carboxylic acid groups (broad SMARTS) is 1. The predicted molar refractivity (Wildman–Crippen MR) is 74.0 cm³/mol. The van der Waals surface area contributed by atoms with Crippen molar-refractivity contribution >= 4 is 17.4 Å². The van der Waals surface area contributed by atoms with E-state index in [4.69, 9.17) is 0 Å². The number of anilines is 1. The van der Waals surface area contributed by atoms with Crippen molar-refractivity contribution in [2.24, 2.45) is 0 Å². The summed E-state index contributed by atoms with van der Waals surface area (Å²) in [6.45, 7) is 1.64. The van der Waals surface area contributed by atoms with Gasteiger partial charge in [-0.1, -0.05) is 6.07 Å². The Morgan fingerprint density at radius 2 is 2.32 bits per heavy atom. The van der Waals surface area contributed by atoms with Gasteiger partial charge in [0.05, 0.1) is 0 Å². The number of fused-ring (bicyclic) bond motifs is 1. The van der Waals surface area contributed by atoms with Crippen molar-refractivity contribution in [2.75, 3.05) is 32.1 Å². The number of rotatable bonds is 6. The van der Waals surface area contributed by atoms with Gasteiger partial charge in [-0.05, 0) is 32.1 Å². The summed E-state index contributed by atoms with van der Waals surface area (Å²) in [7, 11) is 3.76. The molecule has 0 unspecified atom stereocenters. The van der Waals surface area contributed by atoms with E-state index in [-0.39, 0.29) is 5.69 Å². The summed E-state index contributed by atoms with van der Waals surface area (Å²) >= 11 is 0. The molecule has 2 heterocycles. The van der Waals surface area contributed by atoms with Gasteiger partial charge in [-0.25, -0.2) is 9.78 Å². The molecule has 0 fully saturated rings. The van der Waals surface area contributed by atoms with E-state index in [1.165, 1.54) is 0 Å². The molecular weight excluding hydrogens is 244 g/mol. The molecule has 6 nitrogen and oxygen atoms in total. The molecule has 0 saturated carbocycles. The number of hydrogen-bond donors (Lipinski definition) is 2. The SMILES string of the molecule is CNCCCN(C)c1nc2ccccn2c1C(=O)O. The number of aromatic carboxylic acids is 1. The molecule has 0 aliphatic rings. The summed E-state index contributed by atoms with van der Waals surface area (Å²) in [6, 6.07) is 5.45. The number of carboxylic acids is 1. The van der Waals surface area contributed by atoms with E-state index < -0.39 is 5.97 Å². The van der Waals surface area contributed by atoms with Gasteiger partial charge in [-0.15, -0.1) is 0 Å². The summed E-state index contributed by atoms with van der Waals surface area (Å²) in [6.07, 6.45) is 2.65. The molecule has 0 atom stereocenters. The van der Waals surface area contributed by atoms with Crippen molar-refractivity contribution in [1.82, 2.24) is 14.7 Å². The van der Waals surface area contributed by atoms with Crippen LogP contribution in [-0.4, -0.2) is 47.6 Å². The van der Waals surface area contributed by atoms with Gasteiger partial charge in [0.15, 0.2) is 11.5 Å². The Labute approximate surface area is 111 Å². The first-order chi connectivity index (χ1) is 9.15. The third-order valence-corrected chi connectivity index (χ3v) is 3.00. The lowest BCUT2D eigenvalue weighted by Gasteiger charge is -2.16. The highest BCUT2D eigenvalue weighted by Gasteiger charge is 2.20. The van der Waals surface area contributed by atoms with Crippen LogP contribution in [0.3, 0.4) is 0 Å². The van der Waals surface area contributed by atoms with Crippen molar-refractivity contribution in [2.45, 2.75) is 6.42 Å². The third kappa shape index (κ3) is 2.68. The zero-order valence-corrected chi connectivity index (χ0v) is 11.1. The summed E-state index contributed by atoms with van der Waals surface area (Å²) in [5.41, 5.74) is 0.859. The van der Waals surface area contributed by atoms with Crippen LogP contribution in [0.25, 0.3) is 5.65 Å². The number of pyridine rings is 1. The van der Waals surface area contributed by atoms with Gasteiger partial charge in [0.2, 0.25) is 0 Å². The van der Waals surface area contributed by atoms with Gasteiger partial charge in [0.1, 0.15) is 5.65 Å². The second-order valence-electron chi connectivity index (χ2n) is 4.40. The molecule has 2 N–H and O–H groups in total. The molecule has 19 heavy (non-hydrogen) atoms. The molecule has 6 heteroatoms. The molecule has 0 spiro atoms. The van der Waals surface area contributed by atoms with Crippen LogP contribution < -0.4 is 10.2 Å². The molecule has 2 rings (SSSR count). The van der Waals surface area contributed by atoms with Crippen LogP contribution >= 0.6 is 0 Å². The van der Waals surface area contributed by atoms with Gasteiger partial charge >= 0.3 is 5.97 Å². The molecule has 2 aromatic rings. The van der Waals surface area contributed by atoms with Crippen LogP contribution in [-0.2, 0) is 0 Å². The van der Waals surface area contributed by atoms with Crippen LogP contribution in [0.2, 0.25) is 0 Å². The zero-order valence-electron chi connectivity index (χ0n) is 11.1. The lowest BCUT2D eigenvalue weighted by atomic mass is 10.3. The maximum Gasteiger partial charge on any atom is 0.356 e. The minimum Gasteiger partial charge on any atom is -0.476 e. The Morgan fingerprint density at radius 3 is 3.00 bits per heavy atom. The first kappa shape index (κ1) is 13.4. The van der Waals surface area contributed by atoms with Crippen LogP contribution in [0.4, 0.5) is 5.82 Å². The van der Waals surface area contributed by atoms with Gasteiger partial charge < -0.3 is 15.3 Å². The van der Waals surface area contributed by atoms with E-state index in [9.17, 15) is 9.90 Å². The molecule has 0 aliphatic heterocycles. The number of nitrogens with one attached hydrogen (secondary N) is 1. The van der Waals surface area contributed by atoms with E-state index in [1.807, 2.05) is 25.1 Å². The fraction of sp³-hybridized carbons (Fsp3) is 0.385. The normalized spacial score (nSPS) is 10.8. The van der Waals surface area contributed by atoms with Crippen molar-refractivity contribution in [1.29, 1.82) is 0 Å². The Bertz CT molecular complexity index is 579. The largest absolute Gasteiger partial charge is 0.476 e. The lowest BCUT2D eigenvalue weighted by molar-refractivity contribution is 0.0690. The number of carbonyl (C=O) groups is 1. The highest BCUT2D eigenvalue weighted by Crippen LogP contribution is 2.20. The smallest absolute Gasteiger partial charge is 0.356 e. The average Bonchev–Trinajstić information content (AvgIpc) is 2.78.